The number of hydrogen-bond acceptors (Lipinski definition) is 3. The molecule has 0 radical (unpaired) electrons. The monoisotopic (exact) mass is 333 g/mol. The second-order valence-corrected chi connectivity index (χ2v) is 6.56. The van der Waals surface area contributed by atoms with Gasteiger partial charge < -0.3 is 15.0 Å². The Morgan fingerprint density at radius 1 is 1.39 bits per heavy atom. The van der Waals surface area contributed by atoms with E-state index in [0.29, 0.717) is 5.92 Å². The van der Waals surface area contributed by atoms with Gasteiger partial charge in [0, 0.05) is 31.9 Å². The molecule has 7 heteroatoms. The van der Waals surface area contributed by atoms with Crippen LogP contribution in [0.1, 0.15) is 51.3 Å². The number of halogens is 3. The molecule has 0 bridgehead atoms. The maximum Gasteiger partial charge on any atom is 0.424 e. The second kappa shape index (κ2) is 7.21. The summed E-state index contributed by atoms with van der Waals surface area (Å²) in [6.07, 6.45) is 2.90. The lowest BCUT2D eigenvalue weighted by atomic mass is 9.84. The number of nitrogens with zero attached hydrogens (tertiary/aromatic N) is 2. The molecule has 23 heavy (non-hydrogen) atoms. The Kier molecular flexibility index (Phi) is 5.73. The van der Waals surface area contributed by atoms with Crippen molar-refractivity contribution in [3.8, 4) is 0 Å². The van der Waals surface area contributed by atoms with Gasteiger partial charge in [0.1, 0.15) is 5.82 Å². The van der Waals surface area contributed by atoms with Crippen LogP contribution >= 0.6 is 0 Å². The molecule has 1 aromatic heterocycles. The highest BCUT2D eigenvalue weighted by Crippen LogP contribution is 2.40. The topological polar surface area (TPSA) is 50.1 Å². The molecule has 0 spiro atoms. The minimum absolute atomic E-state index is 0.115. The number of rotatable bonds is 6. The summed E-state index contributed by atoms with van der Waals surface area (Å²) in [5.74, 6) is 0.291. The fourth-order valence-corrected chi connectivity index (χ4v) is 3.45. The van der Waals surface area contributed by atoms with Gasteiger partial charge in [-0.1, -0.05) is 26.2 Å². The number of aryl methyl sites for hydroxylation is 1. The first-order chi connectivity index (χ1) is 10.8. The van der Waals surface area contributed by atoms with E-state index < -0.39 is 18.2 Å². The maximum absolute atomic E-state index is 13.4. The van der Waals surface area contributed by atoms with E-state index in [0.717, 1.165) is 25.7 Å². The normalized spacial score (nSPS) is 25.3. The van der Waals surface area contributed by atoms with Crippen LogP contribution < -0.4 is 5.32 Å². The highest BCUT2D eigenvalue weighted by atomic mass is 19.4. The number of imidazole rings is 1. The summed E-state index contributed by atoms with van der Waals surface area (Å²) in [7, 11) is 1.46. The van der Waals surface area contributed by atoms with Gasteiger partial charge >= 0.3 is 6.18 Å². The average molecular weight is 333 g/mol. The molecule has 1 aliphatic carbocycles. The summed E-state index contributed by atoms with van der Waals surface area (Å²) in [4.78, 5) is 3.71. The van der Waals surface area contributed by atoms with Crippen molar-refractivity contribution in [2.45, 2.75) is 63.3 Å². The first-order valence-corrected chi connectivity index (χ1v) is 8.28. The maximum atomic E-state index is 13.4. The molecule has 0 aromatic carbocycles. The highest BCUT2D eigenvalue weighted by Gasteiger charge is 2.57. The molecule has 3 atom stereocenters. The van der Waals surface area contributed by atoms with Crippen LogP contribution in [0.2, 0.25) is 0 Å². The Bertz CT molecular complexity index is 503. The lowest BCUT2D eigenvalue weighted by molar-refractivity contribution is -0.272. The first kappa shape index (κ1) is 18.3. The Labute approximate surface area is 135 Å². The summed E-state index contributed by atoms with van der Waals surface area (Å²) in [5.41, 5.74) is -2.92. The van der Waals surface area contributed by atoms with Crippen LogP contribution in [0, 0.1) is 5.92 Å². The predicted molar refractivity (Wildman–Crippen MR) is 81.8 cm³/mol. The van der Waals surface area contributed by atoms with Crippen LogP contribution in [0.25, 0.3) is 0 Å². The number of nitrogens with one attached hydrogen (secondary N) is 1. The smallest absolute Gasteiger partial charge is 0.374 e. The van der Waals surface area contributed by atoms with Crippen LogP contribution in [0.4, 0.5) is 13.2 Å². The molecule has 1 heterocycles. The van der Waals surface area contributed by atoms with E-state index in [1.807, 2.05) is 0 Å². The van der Waals surface area contributed by atoms with E-state index in [1.54, 1.807) is 0 Å². The van der Waals surface area contributed by atoms with Crippen LogP contribution in [0.5, 0.6) is 0 Å². The third-order valence-corrected chi connectivity index (χ3v) is 4.94. The fourth-order valence-electron chi connectivity index (χ4n) is 3.45. The molecule has 0 amide bonds. The zero-order valence-electron chi connectivity index (χ0n) is 13.7. The van der Waals surface area contributed by atoms with Crippen molar-refractivity contribution in [2.24, 2.45) is 13.0 Å². The Morgan fingerprint density at radius 2 is 2.13 bits per heavy atom. The molecule has 0 aliphatic heterocycles. The molecule has 2 rings (SSSR count). The highest BCUT2D eigenvalue weighted by molar-refractivity contribution is 5.08. The summed E-state index contributed by atoms with van der Waals surface area (Å²) in [6.45, 7) is 2.26. The Balaban J connectivity index is 1.99. The zero-order chi connectivity index (χ0) is 17.1. The van der Waals surface area contributed by atoms with E-state index in [-0.39, 0.29) is 18.4 Å². The third kappa shape index (κ3) is 4.07. The zero-order valence-corrected chi connectivity index (χ0v) is 13.7. The summed E-state index contributed by atoms with van der Waals surface area (Å²) in [5, 5.41) is 13.5. The summed E-state index contributed by atoms with van der Waals surface area (Å²) >= 11 is 0. The number of aromatic nitrogens is 2. The van der Waals surface area contributed by atoms with Crippen molar-refractivity contribution in [1.29, 1.82) is 0 Å². The predicted octanol–water partition coefficient (Wildman–Crippen LogP) is 3.12. The summed E-state index contributed by atoms with van der Waals surface area (Å²) in [6, 6.07) is 0.243. The lowest BCUT2D eigenvalue weighted by Gasteiger charge is -2.32. The molecular weight excluding hydrogens is 307 g/mol. The van der Waals surface area contributed by atoms with Crippen molar-refractivity contribution in [1.82, 2.24) is 14.9 Å². The molecule has 1 aliphatic rings. The van der Waals surface area contributed by atoms with Crippen LogP contribution in [0.3, 0.4) is 0 Å². The largest absolute Gasteiger partial charge is 0.424 e. The molecule has 0 saturated heterocycles. The molecule has 2 N–H and O–H groups in total. The SMILES string of the molecule is CCC1CCCC(NCCC(O)(c2nccn2C)C(F)(F)F)C1. The fraction of sp³-hybridized carbons (Fsp3) is 0.812. The quantitative estimate of drug-likeness (QED) is 0.841. The second-order valence-electron chi connectivity index (χ2n) is 6.56. The van der Waals surface area contributed by atoms with Gasteiger partial charge in [0.2, 0.25) is 5.60 Å². The van der Waals surface area contributed by atoms with Gasteiger partial charge in [-0.2, -0.15) is 13.2 Å². The number of aliphatic hydroxyl groups is 1. The van der Waals surface area contributed by atoms with Gasteiger partial charge in [0.25, 0.3) is 0 Å². The van der Waals surface area contributed by atoms with Crippen LogP contribution in [-0.4, -0.2) is 33.4 Å². The van der Waals surface area contributed by atoms with Crippen molar-refractivity contribution in [2.75, 3.05) is 6.54 Å². The lowest BCUT2D eigenvalue weighted by Crippen LogP contribution is -2.47. The molecule has 1 fully saturated rings. The van der Waals surface area contributed by atoms with E-state index in [2.05, 4.69) is 17.2 Å². The molecule has 1 aromatic rings. The minimum atomic E-state index is -4.76. The van der Waals surface area contributed by atoms with Crippen molar-refractivity contribution >= 4 is 0 Å². The van der Waals surface area contributed by atoms with E-state index in [9.17, 15) is 18.3 Å². The van der Waals surface area contributed by atoms with Crippen LogP contribution in [0.15, 0.2) is 12.4 Å². The molecule has 132 valence electrons. The minimum Gasteiger partial charge on any atom is -0.374 e. The first-order valence-electron chi connectivity index (χ1n) is 8.28. The molecule has 3 unspecified atom stereocenters. The van der Waals surface area contributed by atoms with Gasteiger partial charge in [0.15, 0.2) is 0 Å². The van der Waals surface area contributed by atoms with Gasteiger partial charge in [-0.3, -0.25) is 0 Å². The van der Waals surface area contributed by atoms with Crippen molar-refractivity contribution in [3.05, 3.63) is 18.2 Å². The van der Waals surface area contributed by atoms with E-state index >= 15 is 0 Å². The van der Waals surface area contributed by atoms with Gasteiger partial charge in [-0.25, -0.2) is 4.98 Å². The van der Waals surface area contributed by atoms with Gasteiger partial charge in [0.05, 0.1) is 0 Å². The van der Waals surface area contributed by atoms with Crippen molar-refractivity contribution < 1.29 is 18.3 Å². The Hall–Kier alpha value is -1.08. The van der Waals surface area contributed by atoms with Gasteiger partial charge in [-0.15, -0.1) is 0 Å². The van der Waals surface area contributed by atoms with Gasteiger partial charge in [-0.05, 0) is 25.3 Å². The molecule has 4 nitrogen and oxygen atoms in total. The van der Waals surface area contributed by atoms with E-state index in [4.69, 9.17) is 0 Å². The average Bonchev–Trinajstić information content (AvgIpc) is 2.93. The van der Waals surface area contributed by atoms with Crippen molar-refractivity contribution in [3.63, 3.8) is 0 Å². The number of alkyl halides is 3. The molecular formula is C16H26F3N3O. The van der Waals surface area contributed by atoms with Crippen LogP contribution in [-0.2, 0) is 12.6 Å². The Morgan fingerprint density at radius 3 is 2.70 bits per heavy atom. The number of hydrogen-bond donors (Lipinski definition) is 2. The van der Waals surface area contributed by atoms with E-state index in [1.165, 1.54) is 30.4 Å². The summed E-state index contributed by atoms with van der Waals surface area (Å²) < 4.78 is 41.4. The molecule has 1 saturated carbocycles. The third-order valence-electron chi connectivity index (χ3n) is 4.94. The standard InChI is InChI=1S/C16H26F3N3O/c1-3-12-5-4-6-13(11-12)20-8-7-15(23,16(17,18)19)14-21-9-10-22(14)2/h9-10,12-13,20,23H,3-8,11H2,1-2H3.